The highest BCUT2D eigenvalue weighted by Gasteiger charge is 2.37. The lowest BCUT2D eigenvalue weighted by molar-refractivity contribution is -0.140. The molecular formula is C10H9F5. The molecule has 0 fully saturated rings. The molecule has 1 aromatic carbocycles. The number of hydrogen-bond acceptors (Lipinski definition) is 0. The van der Waals surface area contributed by atoms with Crippen LogP contribution in [0.2, 0.25) is 0 Å². The van der Waals surface area contributed by atoms with E-state index >= 15 is 0 Å². The van der Waals surface area contributed by atoms with Gasteiger partial charge < -0.3 is 0 Å². The van der Waals surface area contributed by atoms with Gasteiger partial charge in [0.05, 0.1) is 5.56 Å². The van der Waals surface area contributed by atoms with Crippen molar-refractivity contribution in [3.8, 4) is 0 Å². The van der Waals surface area contributed by atoms with Crippen LogP contribution >= 0.6 is 0 Å². The molecule has 0 radical (unpaired) electrons. The molecule has 1 aromatic rings. The molecule has 0 aliphatic heterocycles. The fourth-order valence-corrected chi connectivity index (χ4v) is 1.35. The zero-order valence-electron chi connectivity index (χ0n) is 8.12. The molecule has 0 heterocycles. The maximum atomic E-state index is 13.0. The monoisotopic (exact) mass is 224 g/mol. The quantitative estimate of drug-likeness (QED) is 0.630. The van der Waals surface area contributed by atoms with E-state index in [1.807, 2.05) is 0 Å². The maximum absolute atomic E-state index is 13.0. The largest absolute Gasteiger partial charge is 0.419 e. The molecule has 0 aliphatic carbocycles. The molecule has 0 nitrogen and oxygen atoms in total. The summed E-state index contributed by atoms with van der Waals surface area (Å²) < 4.78 is 63.1. The lowest BCUT2D eigenvalue weighted by atomic mass is 9.96. The second-order valence-electron chi connectivity index (χ2n) is 3.50. The molecular weight excluding hydrogens is 215 g/mol. The number of rotatable bonds is 1. The van der Waals surface area contributed by atoms with Crippen LogP contribution in [0.15, 0.2) is 12.1 Å². The fraction of sp³-hybridized carbons (Fsp3) is 0.400. The van der Waals surface area contributed by atoms with E-state index in [9.17, 15) is 22.0 Å². The molecule has 1 rings (SSSR count). The van der Waals surface area contributed by atoms with Gasteiger partial charge in [0.15, 0.2) is 0 Å². The second-order valence-corrected chi connectivity index (χ2v) is 3.50. The minimum absolute atomic E-state index is 0.245. The first kappa shape index (κ1) is 11.9. The van der Waals surface area contributed by atoms with Gasteiger partial charge in [-0.3, -0.25) is 0 Å². The molecule has 0 bridgehead atoms. The first-order chi connectivity index (χ1) is 6.73. The topological polar surface area (TPSA) is 0 Å². The molecule has 0 aromatic heterocycles. The summed E-state index contributed by atoms with van der Waals surface area (Å²) in [5.74, 6) is -3.15. The zero-order chi connectivity index (χ0) is 11.8. The van der Waals surface area contributed by atoms with Gasteiger partial charge in [-0.2, -0.15) is 13.2 Å². The molecule has 0 amide bonds. The van der Waals surface area contributed by atoms with Crippen LogP contribution in [0, 0.1) is 11.6 Å². The molecule has 15 heavy (non-hydrogen) atoms. The first-order valence-corrected chi connectivity index (χ1v) is 4.29. The predicted octanol–water partition coefficient (Wildman–Crippen LogP) is 4.11. The van der Waals surface area contributed by atoms with Gasteiger partial charge in [0.1, 0.15) is 11.6 Å². The SMILES string of the molecule is CC(C)c1cc(F)cc(F)c1C(F)(F)F. The minimum Gasteiger partial charge on any atom is -0.207 e. The van der Waals surface area contributed by atoms with E-state index in [0.717, 1.165) is 6.07 Å². The Balaban J connectivity index is 3.48. The molecule has 0 N–H and O–H groups in total. The van der Waals surface area contributed by atoms with E-state index in [2.05, 4.69) is 0 Å². The van der Waals surface area contributed by atoms with Crippen molar-refractivity contribution in [2.75, 3.05) is 0 Å². The number of alkyl halides is 3. The van der Waals surface area contributed by atoms with Crippen LogP contribution in [0.1, 0.15) is 30.9 Å². The number of halogens is 5. The van der Waals surface area contributed by atoms with E-state index in [-0.39, 0.29) is 11.6 Å². The molecule has 84 valence electrons. The summed E-state index contributed by atoms with van der Waals surface area (Å²) in [7, 11) is 0. The van der Waals surface area contributed by atoms with Crippen molar-refractivity contribution in [3.05, 3.63) is 34.9 Å². The van der Waals surface area contributed by atoms with Gasteiger partial charge in [-0.25, -0.2) is 8.78 Å². The average molecular weight is 224 g/mol. The van der Waals surface area contributed by atoms with Gasteiger partial charge in [-0.1, -0.05) is 13.8 Å². The molecule has 5 heteroatoms. The summed E-state index contributed by atoms with van der Waals surface area (Å²) >= 11 is 0. The highest BCUT2D eigenvalue weighted by Crippen LogP contribution is 2.37. The van der Waals surface area contributed by atoms with Crippen molar-refractivity contribution >= 4 is 0 Å². The smallest absolute Gasteiger partial charge is 0.207 e. The summed E-state index contributed by atoms with van der Waals surface area (Å²) in [6.07, 6.45) is -4.79. The summed E-state index contributed by atoms with van der Waals surface area (Å²) in [5, 5.41) is 0. The van der Waals surface area contributed by atoms with Gasteiger partial charge in [-0.15, -0.1) is 0 Å². The highest BCUT2D eigenvalue weighted by molar-refractivity contribution is 5.34. The standard InChI is InChI=1S/C10H9F5/c1-5(2)7-3-6(11)4-8(12)9(7)10(13,14)15/h3-5H,1-2H3. The Kier molecular flexibility index (Phi) is 3.02. The zero-order valence-corrected chi connectivity index (χ0v) is 8.12. The Morgan fingerprint density at radius 3 is 2.00 bits per heavy atom. The van der Waals surface area contributed by atoms with Gasteiger partial charge >= 0.3 is 6.18 Å². The average Bonchev–Trinajstić information content (AvgIpc) is 1.99. The van der Waals surface area contributed by atoms with E-state index < -0.39 is 29.3 Å². The molecule has 0 atom stereocenters. The van der Waals surface area contributed by atoms with E-state index in [1.54, 1.807) is 0 Å². The summed E-state index contributed by atoms with van der Waals surface area (Å²) in [4.78, 5) is 0. The normalized spacial score (nSPS) is 12.3. The predicted molar refractivity (Wildman–Crippen MR) is 45.4 cm³/mol. The molecule has 0 unspecified atom stereocenters. The minimum atomic E-state index is -4.79. The molecule has 0 saturated heterocycles. The van der Waals surface area contributed by atoms with Crippen LogP contribution in [-0.2, 0) is 6.18 Å². The Labute approximate surface area is 83.7 Å². The number of hydrogen-bond donors (Lipinski definition) is 0. The van der Waals surface area contributed by atoms with E-state index in [1.165, 1.54) is 13.8 Å². The fourth-order valence-electron chi connectivity index (χ4n) is 1.35. The Morgan fingerprint density at radius 2 is 1.60 bits per heavy atom. The maximum Gasteiger partial charge on any atom is 0.419 e. The van der Waals surface area contributed by atoms with Crippen molar-refractivity contribution in [3.63, 3.8) is 0 Å². The van der Waals surface area contributed by atoms with Crippen LogP contribution in [-0.4, -0.2) is 0 Å². The van der Waals surface area contributed by atoms with Crippen LogP contribution in [0.4, 0.5) is 22.0 Å². The third-order valence-corrected chi connectivity index (χ3v) is 1.99. The van der Waals surface area contributed by atoms with Crippen molar-refractivity contribution in [1.82, 2.24) is 0 Å². The second kappa shape index (κ2) is 3.79. The lowest BCUT2D eigenvalue weighted by Gasteiger charge is -2.16. The summed E-state index contributed by atoms with van der Waals surface area (Å²) in [6, 6.07) is 0.964. The van der Waals surface area contributed by atoms with Crippen molar-refractivity contribution in [2.24, 2.45) is 0 Å². The van der Waals surface area contributed by atoms with Crippen LogP contribution in [0.25, 0.3) is 0 Å². The van der Waals surface area contributed by atoms with Crippen LogP contribution in [0.5, 0.6) is 0 Å². The Bertz CT molecular complexity index is 365. The molecule has 0 aliphatic rings. The van der Waals surface area contributed by atoms with Gasteiger partial charge in [0.2, 0.25) is 0 Å². The Morgan fingerprint density at radius 1 is 1.07 bits per heavy atom. The van der Waals surface area contributed by atoms with Crippen molar-refractivity contribution < 1.29 is 22.0 Å². The van der Waals surface area contributed by atoms with E-state index in [0.29, 0.717) is 0 Å². The third-order valence-electron chi connectivity index (χ3n) is 1.99. The third kappa shape index (κ3) is 2.46. The highest BCUT2D eigenvalue weighted by atomic mass is 19.4. The summed E-state index contributed by atoms with van der Waals surface area (Å²) in [6.45, 7) is 2.90. The van der Waals surface area contributed by atoms with Crippen LogP contribution < -0.4 is 0 Å². The van der Waals surface area contributed by atoms with Gasteiger partial charge in [0.25, 0.3) is 0 Å². The first-order valence-electron chi connectivity index (χ1n) is 4.29. The number of benzene rings is 1. The molecule has 0 spiro atoms. The lowest BCUT2D eigenvalue weighted by Crippen LogP contribution is -2.13. The van der Waals surface area contributed by atoms with Crippen molar-refractivity contribution in [2.45, 2.75) is 25.9 Å². The van der Waals surface area contributed by atoms with Crippen LogP contribution in [0.3, 0.4) is 0 Å². The van der Waals surface area contributed by atoms with Gasteiger partial charge in [0, 0.05) is 6.07 Å². The van der Waals surface area contributed by atoms with Crippen molar-refractivity contribution in [1.29, 1.82) is 0 Å². The Hall–Kier alpha value is -1.13. The molecule has 0 saturated carbocycles. The van der Waals surface area contributed by atoms with E-state index in [4.69, 9.17) is 0 Å². The van der Waals surface area contributed by atoms with Gasteiger partial charge in [-0.05, 0) is 17.5 Å². The summed E-state index contributed by atoms with van der Waals surface area (Å²) in [5.41, 5.74) is -1.74.